The number of Topliss-reactive ketones (excluding diaryl/α,β-unsaturated/α-hetero) is 1. The summed E-state index contributed by atoms with van der Waals surface area (Å²) in [6.07, 6.45) is 0. The third-order valence-electron chi connectivity index (χ3n) is 1.43. The van der Waals surface area contributed by atoms with Gasteiger partial charge in [-0.3, -0.25) is 4.79 Å². The number of hydrogen-bond acceptors (Lipinski definition) is 1. The molecule has 0 aliphatic carbocycles. The van der Waals surface area contributed by atoms with Crippen LogP contribution in [0.1, 0.15) is 10.4 Å². The molecule has 0 saturated carbocycles. The van der Waals surface area contributed by atoms with Crippen LogP contribution in [0.25, 0.3) is 0 Å². The molecule has 0 aliphatic rings. The number of alkyl halides is 3. The molecule has 0 radical (unpaired) electrons. The van der Waals surface area contributed by atoms with Crippen LogP contribution >= 0.6 is 11.6 Å². The van der Waals surface area contributed by atoms with Gasteiger partial charge in [0.15, 0.2) is 0 Å². The number of ketones is 1. The standard InChI is InChI=1S/C8H3ClF4O/c9-8(12,13)7(14)5-3-4(10)1-2-6(5)11/h1-3H. The molecule has 0 bridgehead atoms. The molecule has 14 heavy (non-hydrogen) atoms. The Morgan fingerprint density at radius 1 is 1.29 bits per heavy atom. The third kappa shape index (κ3) is 2.23. The molecule has 0 spiro atoms. The molecule has 1 rings (SSSR count). The summed E-state index contributed by atoms with van der Waals surface area (Å²) in [7, 11) is 0. The van der Waals surface area contributed by atoms with Gasteiger partial charge in [0.25, 0.3) is 5.78 Å². The number of carbonyl (C=O) groups excluding carboxylic acids is 1. The molecule has 0 fully saturated rings. The lowest BCUT2D eigenvalue weighted by atomic mass is 10.1. The maximum Gasteiger partial charge on any atom is 0.385 e. The molecule has 0 heterocycles. The first-order valence-electron chi connectivity index (χ1n) is 3.39. The van der Waals surface area contributed by atoms with Crippen LogP contribution in [0.15, 0.2) is 18.2 Å². The minimum absolute atomic E-state index is 0.369. The molecule has 1 aromatic carbocycles. The zero-order valence-corrected chi connectivity index (χ0v) is 7.29. The normalized spacial score (nSPS) is 11.5. The first-order valence-corrected chi connectivity index (χ1v) is 3.77. The Bertz CT molecular complexity index is 372. The lowest BCUT2D eigenvalue weighted by Gasteiger charge is -2.06. The van der Waals surface area contributed by atoms with Crippen LogP contribution in [0.3, 0.4) is 0 Å². The average molecular weight is 227 g/mol. The van der Waals surface area contributed by atoms with E-state index in [-0.39, 0.29) is 0 Å². The molecule has 1 aromatic rings. The van der Waals surface area contributed by atoms with Crippen LogP contribution in [0, 0.1) is 11.6 Å². The van der Waals surface area contributed by atoms with Crippen LogP contribution in [0.2, 0.25) is 0 Å². The fraction of sp³-hybridized carbons (Fsp3) is 0.125. The van der Waals surface area contributed by atoms with Crippen LogP contribution in [-0.4, -0.2) is 11.2 Å². The lowest BCUT2D eigenvalue weighted by molar-refractivity contribution is 0.0531. The van der Waals surface area contributed by atoms with Crippen molar-refractivity contribution in [3.8, 4) is 0 Å². The van der Waals surface area contributed by atoms with Crippen LogP contribution < -0.4 is 0 Å². The molecule has 0 atom stereocenters. The zero-order valence-electron chi connectivity index (χ0n) is 6.53. The number of hydrogen-bond donors (Lipinski definition) is 0. The van der Waals surface area contributed by atoms with Crippen LogP contribution in [-0.2, 0) is 0 Å². The van der Waals surface area contributed by atoms with E-state index < -0.39 is 28.4 Å². The Kier molecular flexibility index (Phi) is 2.80. The second-order valence-electron chi connectivity index (χ2n) is 2.45. The predicted molar refractivity (Wildman–Crippen MR) is 41.5 cm³/mol. The summed E-state index contributed by atoms with van der Waals surface area (Å²) < 4.78 is 49.7. The highest BCUT2D eigenvalue weighted by Crippen LogP contribution is 2.25. The monoisotopic (exact) mass is 226 g/mol. The van der Waals surface area contributed by atoms with E-state index in [4.69, 9.17) is 0 Å². The van der Waals surface area contributed by atoms with Crippen molar-refractivity contribution in [2.45, 2.75) is 5.38 Å². The molecule has 0 aliphatic heterocycles. The Morgan fingerprint density at radius 3 is 2.36 bits per heavy atom. The van der Waals surface area contributed by atoms with Gasteiger partial charge in [-0.1, -0.05) is 0 Å². The summed E-state index contributed by atoms with van der Waals surface area (Å²) in [5, 5.41) is -4.23. The largest absolute Gasteiger partial charge is 0.385 e. The SMILES string of the molecule is O=C(c1cc(F)ccc1F)C(F)(F)Cl. The van der Waals surface area contributed by atoms with Gasteiger partial charge >= 0.3 is 5.38 Å². The highest BCUT2D eigenvalue weighted by Gasteiger charge is 2.38. The van der Waals surface area contributed by atoms with Gasteiger partial charge in [0, 0.05) is 0 Å². The van der Waals surface area contributed by atoms with Gasteiger partial charge in [-0.2, -0.15) is 8.78 Å². The topological polar surface area (TPSA) is 17.1 Å². The summed E-state index contributed by atoms with van der Waals surface area (Å²) in [5.41, 5.74) is -1.06. The minimum Gasteiger partial charge on any atom is -0.286 e. The maximum atomic E-state index is 12.8. The van der Waals surface area contributed by atoms with Crippen LogP contribution in [0.4, 0.5) is 17.6 Å². The zero-order chi connectivity index (χ0) is 10.9. The second-order valence-corrected chi connectivity index (χ2v) is 2.93. The van der Waals surface area contributed by atoms with Crippen molar-refractivity contribution in [1.82, 2.24) is 0 Å². The first kappa shape index (κ1) is 11.0. The molecular weight excluding hydrogens is 224 g/mol. The number of benzene rings is 1. The van der Waals surface area contributed by atoms with Crippen molar-refractivity contribution in [1.29, 1.82) is 0 Å². The van der Waals surface area contributed by atoms with Crippen molar-refractivity contribution in [2.75, 3.05) is 0 Å². The highest BCUT2D eigenvalue weighted by molar-refractivity contribution is 6.35. The highest BCUT2D eigenvalue weighted by atomic mass is 35.5. The van der Waals surface area contributed by atoms with Gasteiger partial charge in [0.1, 0.15) is 11.6 Å². The van der Waals surface area contributed by atoms with Gasteiger partial charge in [0.2, 0.25) is 0 Å². The summed E-state index contributed by atoms with van der Waals surface area (Å²) in [6.45, 7) is 0. The fourth-order valence-electron chi connectivity index (χ4n) is 0.824. The third-order valence-corrected chi connectivity index (χ3v) is 1.60. The fourth-order valence-corrected chi connectivity index (χ4v) is 0.926. The first-order chi connectivity index (χ1) is 6.32. The molecule has 6 heteroatoms. The van der Waals surface area contributed by atoms with E-state index in [2.05, 4.69) is 11.6 Å². The number of carbonyl (C=O) groups is 1. The second kappa shape index (κ2) is 3.57. The Hall–Kier alpha value is -1.10. The van der Waals surface area contributed by atoms with Crippen molar-refractivity contribution in [3.63, 3.8) is 0 Å². The van der Waals surface area contributed by atoms with Gasteiger partial charge in [-0.05, 0) is 29.8 Å². The van der Waals surface area contributed by atoms with Crippen molar-refractivity contribution in [3.05, 3.63) is 35.4 Å². The quantitative estimate of drug-likeness (QED) is 0.430. The van der Waals surface area contributed by atoms with Gasteiger partial charge in [-0.15, -0.1) is 0 Å². The van der Waals surface area contributed by atoms with Crippen molar-refractivity contribution < 1.29 is 22.4 Å². The van der Waals surface area contributed by atoms with E-state index in [1.165, 1.54) is 0 Å². The summed E-state index contributed by atoms with van der Waals surface area (Å²) in [6, 6.07) is 1.65. The molecule has 0 N–H and O–H groups in total. The van der Waals surface area contributed by atoms with Crippen molar-refractivity contribution in [2.24, 2.45) is 0 Å². The summed E-state index contributed by atoms with van der Waals surface area (Å²) in [4.78, 5) is 10.8. The molecule has 0 saturated heterocycles. The minimum atomic E-state index is -4.23. The average Bonchev–Trinajstić information content (AvgIpc) is 2.06. The van der Waals surface area contributed by atoms with E-state index in [0.717, 1.165) is 0 Å². The smallest absolute Gasteiger partial charge is 0.286 e. The van der Waals surface area contributed by atoms with E-state index in [1.807, 2.05) is 0 Å². The lowest BCUT2D eigenvalue weighted by Crippen LogP contribution is -2.22. The van der Waals surface area contributed by atoms with Gasteiger partial charge in [-0.25, -0.2) is 8.78 Å². The summed E-state index contributed by atoms with van der Waals surface area (Å²) in [5.74, 6) is -4.19. The molecular formula is C8H3ClF4O. The van der Waals surface area contributed by atoms with Crippen LogP contribution in [0.5, 0.6) is 0 Å². The Balaban J connectivity index is 3.19. The molecule has 76 valence electrons. The molecule has 0 amide bonds. The molecule has 1 nitrogen and oxygen atoms in total. The molecule has 0 unspecified atom stereocenters. The van der Waals surface area contributed by atoms with Gasteiger partial charge in [0.05, 0.1) is 5.56 Å². The number of rotatable bonds is 2. The van der Waals surface area contributed by atoms with Gasteiger partial charge < -0.3 is 0 Å². The Labute approximate surface area is 81.3 Å². The van der Waals surface area contributed by atoms with E-state index in [9.17, 15) is 22.4 Å². The van der Waals surface area contributed by atoms with E-state index >= 15 is 0 Å². The van der Waals surface area contributed by atoms with Crippen molar-refractivity contribution >= 4 is 17.4 Å². The molecule has 0 aromatic heterocycles. The Morgan fingerprint density at radius 2 is 1.86 bits per heavy atom. The summed E-state index contributed by atoms with van der Waals surface area (Å²) >= 11 is 4.37. The van der Waals surface area contributed by atoms with E-state index in [1.54, 1.807) is 0 Å². The van der Waals surface area contributed by atoms with E-state index in [0.29, 0.717) is 18.2 Å². The number of halogens is 5. The maximum absolute atomic E-state index is 12.8. The predicted octanol–water partition coefficient (Wildman–Crippen LogP) is 2.98.